The van der Waals surface area contributed by atoms with Crippen LogP contribution in [0.4, 0.5) is 28.8 Å². The van der Waals surface area contributed by atoms with Crippen LogP contribution in [0.25, 0.3) is 0 Å². The summed E-state index contributed by atoms with van der Waals surface area (Å²) in [5.41, 5.74) is 3.37. The number of piperidine rings is 2. The maximum atomic E-state index is 13.7. The molecule has 2 atom stereocenters. The van der Waals surface area contributed by atoms with Crippen molar-refractivity contribution in [2.45, 2.75) is 95.6 Å². The fraction of sp³-hybridized carbons (Fsp3) is 0.521. The highest BCUT2D eigenvalue weighted by atomic mass is 32.2. The number of rotatable bonds is 11. The van der Waals surface area contributed by atoms with Crippen LogP contribution < -0.4 is 40.8 Å². The second kappa shape index (κ2) is 18.8. The van der Waals surface area contributed by atoms with Gasteiger partial charge in [0, 0.05) is 81.9 Å². The Balaban J connectivity index is 0.763. The first-order valence-electron chi connectivity index (χ1n) is 23.5. The monoisotopic (exact) mass is 929 g/mol. The molecule has 5 amide bonds. The lowest BCUT2D eigenvalue weighted by Crippen LogP contribution is -2.51. The van der Waals surface area contributed by atoms with E-state index in [9.17, 15) is 24.0 Å². The number of imide groups is 1. The lowest BCUT2D eigenvalue weighted by atomic mass is 9.89. The van der Waals surface area contributed by atoms with Gasteiger partial charge in [0.25, 0.3) is 17.7 Å². The van der Waals surface area contributed by atoms with Gasteiger partial charge in [0.15, 0.2) is 5.82 Å². The summed E-state index contributed by atoms with van der Waals surface area (Å²) >= 11 is 1.83. The van der Waals surface area contributed by atoms with E-state index in [1.165, 1.54) is 0 Å². The summed E-state index contributed by atoms with van der Waals surface area (Å²) in [5.74, 6) is 0.00819. The van der Waals surface area contributed by atoms with Crippen LogP contribution >= 0.6 is 11.9 Å². The van der Waals surface area contributed by atoms with E-state index in [2.05, 4.69) is 53.4 Å². The second-order valence-corrected chi connectivity index (χ2v) is 20.7. The van der Waals surface area contributed by atoms with Gasteiger partial charge in [-0.2, -0.15) is 4.98 Å². The van der Waals surface area contributed by atoms with Gasteiger partial charge in [0.05, 0.1) is 40.9 Å². The van der Waals surface area contributed by atoms with Crippen molar-refractivity contribution < 1.29 is 28.7 Å². The van der Waals surface area contributed by atoms with Crippen LogP contribution in [0.15, 0.2) is 48.8 Å². The smallest absolute Gasteiger partial charge is 0.262 e. The number of nitrogens with one attached hydrogen (secondary N) is 3. The third kappa shape index (κ3) is 9.21. The Bertz CT molecular complexity index is 2490. The predicted octanol–water partition coefficient (Wildman–Crippen LogP) is 4.17. The zero-order chi connectivity index (χ0) is 47.3. The highest BCUT2D eigenvalue weighted by Crippen LogP contribution is 2.41. The maximum absolute atomic E-state index is 13.7. The number of allylic oxidation sites excluding steroid dienone is 1. The molecule has 19 heteroatoms. The number of carbonyl (C=O) groups is 5. The Labute approximate surface area is 397 Å². The predicted molar refractivity (Wildman–Crippen MR) is 261 cm³/mol. The molecule has 3 saturated heterocycles. The molecule has 1 aliphatic carbocycles. The number of methoxy groups -OCH3 is 1. The Morgan fingerprint density at radius 2 is 1.69 bits per heavy atom. The molecular formula is C48H60BN11O6S. The molecule has 0 bridgehead atoms. The molecule has 352 valence electrons. The lowest BCUT2D eigenvalue weighted by Gasteiger charge is -2.41. The van der Waals surface area contributed by atoms with E-state index in [4.69, 9.17) is 17.6 Å². The summed E-state index contributed by atoms with van der Waals surface area (Å²) in [6.07, 6.45) is 8.55. The Hall–Kier alpha value is -5.66. The lowest BCUT2D eigenvalue weighted by molar-refractivity contribution is -0.126. The minimum Gasteiger partial charge on any atom is -0.495 e. The standard InChI is InChI=1S/C48H60BN11O6S/c1-28-11-14-38(43(62)51-28)60-44(63)33-13-12-32(23-34(33)45(60)64)57-21-19-56(20-22-57)29(2)67-58-17-15-30(16-18-58)52-42(61)35-24-40(66-6)37(25-36(35)49)53-47-50-26-39-41(54-47)59(31-9-7-8-10-31)27-48(3,4)46(65)55(39)5/h12-13,23-26,29-31,38H,1,7-11,14-22,27H2,2-6H3,(H,51,62)(H,52,61)(H,50,53,54). The number of aromatic nitrogens is 2. The number of carbonyl (C=O) groups excluding carboxylic acids is 5. The van der Waals surface area contributed by atoms with E-state index in [1.54, 1.807) is 49.5 Å². The largest absolute Gasteiger partial charge is 0.495 e. The second-order valence-electron chi connectivity index (χ2n) is 19.2. The van der Waals surface area contributed by atoms with Crippen LogP contribution in [0, 0.1) is 5.41 Å². The van der Waals surface area contributed by atoms with Crippen LogP contribution in [0.5, 0.6) is 5.75 Å². The number of benzene rings is 2. The van der Waals surface area contributed by atoms with E-state index in [0.717, 1.165) is 88.4 Å². The minimum absolute atomic E-state index is 0.0152. The summed E-state index contributed by atoms with van der Waals surface area (Å²) in [6.45, 7) is 15.4. The van der Waals surface area contributed by atoms with Crippen molar-refractivity contribution in [3.8, 4) is 5.75 Å². The van der Waals surface area contributed by atoms with Gasteiger partial charge < -0.3 is 35.4 Å². The van der Waals surface area contributed by atoms with Crippen molar-refractivity contribution in [3.05, 3.63) is 65.5 Å². The number of hydrogen-bond acceptors (Lipinski definition) is 14. The van der Waals surface area contributed by atoms with Gasteiger partial charge in [-0.15, -0.1) is 0 Å². The Morgan fingerprint density at radius 3 is 2.39 bits per heavy atom. The first-order chi connectivity index (χ1) is 32.1. The number of anilines is 5. The average Bonchev–Trinajstić information content (AvgIpc) is 3.93. The highest BCUT2D eigenvalue weighted by Gasteiger charge is 2.45. The topological polar surface area (TPSA) is 176 Å². The molecule has 2 aromatic carbocycles. The van der Waals surface area contributed by atoms with E-state index in [-0.39, 0.29) is 35.2 Å². The zero-order valence-electron chi connectivity index (χ0n) is 39.1. The van der Waals surface area contributed by atoms with E-state index in [0.29, 0.717) is 76.1 Å². The van der Waals surface area contributed by atoms with Crippen molar-refractivity contribution in [3.63, 3.8) is 0 Å². The normalized spacial score (nSPS) is 22.4. The molecule has 2 unspecified atom stereocenters. The molecule has 2 radical (unpaired) electrons. The van der Waals surface area contributed by atoms with Crippen molar-refractivity contribution in [1.82, 2.24) is 34.7 Å². The summed E-state index contributed by atoms with van der Waals surface area (Å²) in [5, 5.41) is 9.41. The number of piperazine rings is 1. The molecule has 67 heavy (non-hydrogen) atoms. The van der Waals surface area contributed by atoms with Gasteiger partial charge in [-0.1, -0.05) is 36.8 Å². The quantitative estimate of drug-likeness (QED) is 0.142. The molecule has 5 aliphatic heterocycles. The van der Waals surface area contributed by atoms with Crippen molar-refractivity contribution in [2.75, 3.05) is 80.0 Å². The number of amides is 5. The third-order valence-electron chi connectivity index (χ3n) is 14.3. The van der Waals surface area contributed by atoms with E-state index in [1.807, 2.05) is 31.9 Å². The molecule has 6 aliphatic rings. The molecule has 1 saturated carbocycles. The van der Waals surface area contributed by atoms with Gasteiger partial charge in [-0.05, 0) is 89.6 Å². The van der Waals surface area contributed by atoms with Crippen LogP contribution in [-0.4, -0.2) is 145 Å². The van der Waals surface area contributed by atoms with Gasteiger partial charge in [0.1, 0.15) is 25.3 Å². The molecule has 4 fully saturated rings. The summed E-state index contributed by atoms with van der Waals surface area (Å²) in [6, 6.07) is 8.17. The number of nitrogens with zero attached hydrogens (tertiary/aromatic N) is 8. The van der Waals surface area contributed by atoms with Crippen molar-refractivity contribution in [2.24, 2.45) is 5.41 Å². The van der Waals surface area contributed by atoms with Crippen LogP contribution in [0.2, 0.25) is 0 Å². The molecule has 6 heterocycles. The average molecular weight is 930 g/mol. The van der Waals surface area contributed by atoms with Crippen molar-refractivity contribution >= 4 is 83.6 Å². The molecule has 3 aromatic rings. The minimum atomic E-state index is -0.834. The summed E-state index contributed by atoms with van der Waals surface area (Å²) < 4.78 is 8.13. The fourth-order valence-corrected chi connectivity index (χ4v) is 11.6. The first-order valence-corrected chi connectivity index (χ1v) is 24.3. The molecule has 0 spiro atoms. The van der Waals surface area contributed by atoms with Gasteiger partial charge in [-0.3, -0.25) is 33.8 Å². The van der Waals surface area contributed by atoms with Crippen LogP contribution in [0.3, 0.4) is 0 Å². The third-order valence-corrected chi connectivity index (χ3v) is 15.5. The summed E-state index contributed by atoms with van der Waals surface area (Å²) in [4.78, 5) is 85.9. The summed E-state index contributed by atoms with van der Waals surface area (Å²) in [7, 11) is 9.88. The zero-order valence-corrected chi connectivity index (χ0v) is 39.9. The van der Waals surface area contributed by atoms with Crippen LogP contribution in [0.1, 0.15) is 103 Å². The van der Waals surface area contributed by atoms with Gasteiger partial charge in [0.2, 0.25) is 17.8 Å². The molecule has 3 N–H and O–H groups in total. The van der Waals surface area contributed by atoms with Gasteiger partial charge in [-0.25, -0.2) is 9.29 Å². The van der Waals surface area contributed by atoms with Crippen LogP contribution in [-0.2, 0) is 9.59 Å². The highest BCUT2D eigenvalue weighted by molar-refractivity contribution is 7.97. The maximum Gasteiger partial charge on any atom is 0.262 e. The number of ether oxygens (including phenoxy) is 1. The Morgan fingerprint density at radius 1 is 0.970 bits per heavy atom. The molecular weight excluding hydrogens is 869 g/mol. The SMILES string of the molecule is [B]c1cc(Nc2ncc3c(n2)N(C2CCCC2)CC(C)(C)C(=O)N3C)c(OC)cc1C(=O)NC1CCN(SC(C)N2CCN(c3ccc4c(c3)C(=O)N(C3CCC(=C)NC3=O)C4=O)CC2)CC1. The van der Waals surface area contributed by atoms with Gasteiger partial charge >= 0.3 is 0 Å². The molecule has 9 rings (SSSR count). The van der Waals surface area contributed by atoms with E-state index < -0.39 is 23.3 Å². The molecule has 17 nitrogen and oxygen atoms in total. The number of hydrogen-bond donors (Lipinski definition) is 3. The molecule has 1 aromatic heterocycles. The Kier molecular flexibility index (Phi) is 13.0. The fourth-order valence-electron chi connectivity index (χ4n) is 10.4. The van der Waals surface area contributed by atoms with Crippen molar-refractivity contribution in [1.29, 1.82) is 0 Å². The first kappa shape index (κ1) is 46.5. The number of fused-ring (bicyclic) bond motifs is 2. The van der Waals surface area contributed by atoms with E-state index >= 15 is 0 Å².